The molecule has 1 fully saturated rings. The molecule has 1 aromatic heterocycles. The van der Waals surface area contributed by atoms with Crippen LogP contribution in [0, 0.1) is 0 Å². The molecule has 7 heteroatoms. The van der Waals surface area contributed by atoms with Crippen molar-refractivity contribution in [1.82, 2.24) is 14.9 Å². The summed E-state index contributed by atoms with van der Waals surface area (Å²) in [4.78, 5) is 36.9. The molecule has 0 aliphatic carbocycles. The lowest BCUT2D eigenvalue weighted by atomic mass is 10.1. The highest BCUT2D eigenvalue weighted by molar-refractivity contribution is 5.98. The maximum absolute atomic E-state index is 12.6. The molecule has 0 spiro atoms. The number of ketones is 1. The number of carbonyl (C=O) groups is 2. The summed E-state index contributed by atoms with van der Waals surface area (Å²) in [5, 5.41) is 2.91. The standard InChI is InChI=1S/C19H23N5O2/c1-14(18(26)22-17-6-3-5-16(13-17)15(2)25)23-9-11-24(12-10-23)19-20-7-4-8-21-19/h3-8,13-14H,9-12H2,1-2H3,(H,22,26)/t14-/m0/s1. The minimum atomic E-state index is -0.255. The summed E-state index contributed by atoms with van der Waals surface area (Å²) in [6.45, 7) is 6.50. The molecule has 1 aliphatic rings. The molecule has 136 valence electrons. The van der Waals surface area contributed by atoms with E-state index in [0.29, 0.717) is 11.3 Å². The number of carbonyl (C=O) groups excluding carboxylic acids is 2. The van der Waals surface area contributed by atoms with Gasteiger partial charge in [-0.15, -0.1) is 0 Å². The van der Waals surface area contributed by atoms with Crippen molar-refractivity contribution in [3.63, 3.8) is 0 Å². The number of hydrogen-bond acceptors (Lipinski definition) is 6. The largest absolute Gasteiger partial charge is 0.338 e. The van der Waals surface area contributed by atoms with E-state index in [0.717, 1.165) is 32.1 Å². The summed E-state index contributed by atoms with van der Waals surface area (Å²) in [6.07, 6.45) is 3.47. The van der Waals surface area contributed by atoms with E-state index in [4.69, 9.17) is 0 Å². The van der Waals surface area contributed by atoms with Gasteiger partial charge < -0.3 is 10.2 Å². The fourth-order valence-electron chi connectivity index (χ4n) is 2.99. The smallest absolute Gasteiger partial charge is 0.241 e. The highest BCUT2D eigenvalue weighted by Gasteiger charge is 2.26. The van der Waals surface area contributed by atoms with Gasteiger partial charge in [-0.2, -0.15) is 0 Å². The minimum absolute atomic E-state index is 0.0200. The Kier molecular flexibility index (Phi) is 5.58. The lowest BCUT2D eigenvalue weighted by Gasteiger charge is -2.37. The lowest BCUT2D eigenvalue weighted by molar-refractivity contribution is -0.120. The van der Waals surface area contributed by atoms with E-state index in [1.54, 1.807) is 42.7 Å². The number of aromatic nitrogens is 2. The Morgan fingerprint density at radius 1 is 1.08 bits per heavy atom. The van der Waals surface area contributed by atoms with Gasteiger partial charge in [-0.1, -0.05) is 12.1 Å². The molecule has 0 saturated carbocycles. The van der Waals surface area contributed by atoms with E-state index >= 15 is 0 Å². The Labute approximate surface area is 153 Å². The van der Waals surface area contributed by atoms with Gasteiger partial charge in [0, 0.05) is 49.8 Å². The molecule has 2 aromatic rings. The van der Waals surface area contributed by atoms with E-state index in [2.05, 4.69) is 25.1 Å². The van der Waals surface area contributed by atoms with Crippen molar-refractivity contribution in [2.75, 3.05) is 36.4 Å². The SMILES string of the molecule is CC(=O)c1cccc(NC(=O)[C@H](C)N2CCN(c3ncccn3)CC2)c1. The first kappa shape index (κ1) is 18.0. The fraction of sp³-hybridized carbons (Fsp3) is 0.368. The molecule has 1 amide bonds. The lowest BCUT2D eigenvalue weighted by Crippen LogP contribution is -2.53. The van der Waals surface area contributed by atoms with Crippen molar-refractivity contribution in [3.8, 4) is 0 Å². The number of piperazine rings is 1. The van der Waals surface area contributed by atoms with Crippen molar-refractivity contribution in [2.45, 2.75) is 19.9 Å². The van der Waals surface area contributed by atoms with Gasteiger partial charge in [0.15, 0.2) is 5.78 Å². The molecule has 0 radical (unpaired) electrons. The third kappa shape index (κ3) is 4.23. The summed E-state index contributed by atoms with van der Waals surface area (Å²) in [5.74, 6) is 0.633. The van der Waals surface area contributed by atoms with E-state index < -0.39 is 0 Å². The fourth-order valence-corrected chi connectivity index (χ4v) is 2.99. The van der Waals surface area contributed by atoms with Crippen LogP contribution < -0.4 is 10.2 Å². The van der Waals surface area contributed by atoms with Crippen molar-refractivity contribution < 1.29 is 9.59 Å². The Hall–Kier alpha value is -2.80. The summed E-state index contributed by atoms with van der Waals surface area (Å²) in [7, 11) is 0. The van der Waals surface area contributed by atoms with Gasteiger partial charge in [-0.3, -0.25) is 14.5 Å². The second-order valence-electron chi connectivity index (χ2n) is 6.37. The zero-order chi connectivity index (χ0) is 18.5. The topological polar surface area (TPSA) is 78.4 Å². The van der Waals surface area contributed by atoms with Gasteiger partial charge >= 0.3 is 0 Å². The number of nitrogens with one attached hydrogen (secondary N) is 1. The average molecular weight is 353 g/mol. The molecule has 1 aromatic carbocycles. The van der Waals surface area contributed by atoms with Crippen molar-refractivity contribution in [1.29, 1.82) is 0 Å². The molecule has 1 aliphatic heterocycles. The number of nitrogens with zero attached hydrogens (tertiary/aromatic N) is 4. The molecule has 1 saturated heterocycles. The quantitative estimate of drug-likeness (QED) is 0.826. The maximum atomic E-state index is 12.6. The van der Waals surface area contributed by atoms with Crippen LogP contribution in [0.4, 0.5) is 11.6 Å². The molecular formula is C19H23N5O2. The van der Waals surface area contributed by atoms with Gasteiger partial charge in [0.1, 0.15) is 0 Å². The monoisotopic (exact) mass is 353 g/mol. The Morgan fingerprint density at radius 3 is 2.42 bits per heavy atom. The van der Waals surface area contributed by atoms with Crippen LogP contribution in [-0.4, -0.2) is 58.8 Å². The predicted molar refractivity (Wildman–Crippen MR) is 100 cm³/mol. The molecule has 2 heterocycles. The van der Waals surface area contributed by atoms with Crippen LogP contribution in [0.3, 0.4) is 0 Å². The zero-order valence-corrected chi connectivity index (χ0v) is 15.1. The molecule has 26 heavy (non-hydrogen) atoms. The van der Waals surface area contributed by atoms with Crippen LogP contribution in [0.25, 0.3) is 0 Å². The van der Waals surface area contributed by atoms with Crippen molar-refractivity contribution in [3.05, 3.63) is 48.3 Å². The molecule has 1 atom stereocenters. The van der Waals surface area contributed by atoms with Gasteiger partial charge in [0.2, 0.25) is 11.9 Å². The maximum Gasteiger partial charge on any atom is 0.241 e. The number of rotatable bonds is 5. The average Bonchev–Trinajstić information content (AvgIpc) is 2.68. The minimum Gasteiger partial charge on any atom is -0.338 e. The van der Waals surface area contributed by atoms with Gasteiger partial charge in [-0.05, 0) is 32.0 Å². The van der Waals surface area contributed by atoms with Crippen LogP contribution in [0.15, 0.2) is 42.7 Å². The molecule has 0 unspecified atom stereocenters. The van der Waals surface area contributed by atoms with Crippen LogP contribution in [0.5, 0.6) is 0 Å². The second kappa shape index (κ2) is 8.05. The number of hydrogen-bond donors (Lipinski definition) is 1. The predicted octanol–water partition coefficient (Wildman–Crippen LogP) is 1.83. The number of anilines is 2. The van der Waals surface area contributed by atoms with Crippen LogP contribution >= 0.6 is 0 Å². The Morgan fingerprint density at radius 2 is 1.77 bits per heavy atom. The first-order valence-electron chi connectivity index (χ1n) is 8.72. The molecule has 7 nitrogen and oxygen atoms in total. The highest BCUT2D eigenvalue weighted by atomic mass is 16.2. The molecule has 3 rings (SSSR count). The van der Waals surface area contributed by atoms with Crippen molar-refractivity contribution >= 4 is 23.3 Å². The first-order valence-corrected chi connectivity index (χ1v) is 8.72. The summed E-state index contributed by atoms with van der Waals surface area (Å²) < 4.78 is 0. The van der Waals surface area contributed by atoms with Crippen molar-refractivity contribution in [2.24, 2.45) is 0 Å². The Balaban J connectivity index is 1.56. The second-order valence-corrected chi connectivity index (χ2v) is 6.37. The number of amides is 1. The van der Waals surface area contributed by atoms with Crippen LogP contribution in [0.1, 0.15) is 24.2 Å². The van der Waals surface area contributed by atoms with E-state index in [-0.39, 0.29) is 17.7 Å². The van der Waals surface area contributed by atoms with E-state index in [1.165, 1.54) is 6.92 Å². The first-order chi connectivity index (χ1) is 12.5. The highest BCUT2D eigenvalue weighted by Crippen LogP contribution is 2.15. The summed E-state index contributed by atoms with van der Waals surface area (Å²) >= 11 is 0. The van der Waals surface area contributed by atoms with Gasteiger partial charge in [-0.25, -0.2) is 9.97 Å². The molecular weight excluding hydrogens is 330 g/mol. The third-order valence-corrected chi connectivity index (χ3v) is 4.61. The Bertz CT molecular complexity index is 773. The molecule has 1 N–H and O–H groups in total. The van der Waals surface area contributed by atoms with Gasteiger partial charge in [0.05, 0.1) is 6.04 Å². The van der Waals surface area contributed by atoms with E-state index in [1.807, 2.05) is 6.92 Å². The third-order valence-electron chi connectivity index (χ3n) is 4.61. The number of benzene rings is 1. The summed E-state index contributed by atoms with van der Waals surface area (Å²) in [5.41, 5.74) is 1.23. The summed E-state index contributed by atoms with van der Waals surface area (Å²) in [6, 6.07) is 8.56. The van der Waals surface area contributed by atoms with Crippen LogP contribution in [0.2, 0.25) is 0 Å². The van der Waals surface area contributed by atoms with Crippen LogP contribution in [-0.2, 0) is 4.79 Å². The van der Waals surface area contributed by atoms with E-state index in [9.17, 15) is 9.59 Å². The zero-order valence-electron chi connectivity index (χ0n) is 15.1. The number of Topliss-reactive ketones (excluding diaryl/α,β-unsaturated/α-hetero) is 1. The molecule has 0 bridgehead atoms. The van der Waals surface area contributed by atoms with Gasteiger partial charge in [0.25, 0.3) is 0 Å². The normalized spacial score (nSPS) is 16.2.